The van der Waals surface area contributed by atoms with Crippen LogP contribution in [0, 0.1) is 5.41 Å². The van der Waals surface area contributed by atoms with Gasteiger partial charge in [0.2, 0.25) is 0 Å². The van der Waals surface area contributed by atoms with Crippen LogP contribution in [0.2, 0.25) is 0 Å². The van der Waals surface area contributed by atoms with Crippen molar-refractivity contribution in [3.8, 4) is 0 Å². The lowest BCUT2D eigenvalue weighted by molar-refractivity contribution is 0.0854. The highest BCUT2D eigenvalue weighted by molar-refractivity contribution is 4.85. The Kier molecular flexibility index (Phi) is 6.96. The molecular weight excluding hydrogens is 206 g/mol. The van der Waals surface area contributed by atoms with Gasteiger partial charge in [-0.05, 0) is 19.8 Å². The van der Waals surface area contributed by atoms with Gasteiger partial charge in [-0.3, -0.25) is 0 Å². The Morgan fingerprint density at radius 1 is 1.38 bits per heavy atom. The monoisotopic (exact) mass is 231 g/mol. The molecule has 1 aliphatic rings. The quantitative estimate of drug-likeness (QED) is 0.602. The minimum atomic E-state index is 0.281. The third kappa shape index (κ3) is 4.78. The molecule has 0 saturated carbocycles. The molecule has 1 atom stereocenters. The summed E-state index contributed by atoms with van der Waals surface area (Å²) >= 11 is 0. The van der Waals surface area contributed by atoms with Gasteiger partial charge in [0.15, 0.2) is 0 Å². The van der Waals surface area contributed by atoms with Crippen LogP contribution in [0.3, 0.4) is 0 Å². The molecule has 4 nitrogen and oxygen atoms in total. The molecule has 1 fully saturated rings. The maximum absolute atomic E-state index is 5.52. The number of ether oxygens (including phenoxy) is 3. The van der Waals surface area contributed by atoms with Crippen molar-refractivity contribution >= 4 is 0 Å². The summed E-state index contributed by atoms with van der Waals surface area (Å²) in [6.07, 6.45) is 2.22. The highest BCUT2D eigenvalue weighted by Crippen LogP contribution is 2.31. The van der Waals surface area contributed by atoms with Crippen molar-refractivity contribution < 1.29 is 14.2 Å². The van der Waals surface area contributed by atoms with Gasteiger partial charge in [-0.2, -0.15) is 0 Å². The predicted octanol–water partition coefficient (Wildman–Crippen LogP) is 1.06. The minimum Gasteiger partial charge on any atom is -0.383 e. The number of rotatable bonds is 9. The summed E-state index contributed by atoms with van der Waals surface area (Å²) in [6.45, 7) is 8.10. The van der Waals surface area contributed by atoms with E-state index in [-0.39, 0.29) is 5.41 Å². The summed E-state index contributed by atoms with van der Waals surface area (Å²) < 4.78 is 16.0. The van der Waals surface area contributed by atoms with Crippen molar-refractivity contribution in [2.24, 2.45) is 5.41 Å². The fourth-order valence-electron chi connectivity index (χ4n) is 2.04. The van der Waals surface area contributed by atoms with Gasteiger partial charge in [0.1, 0.15) is 0 Å². The van der Waals surface area contributed by atoms with Crippen molar-refractivity contribution in [3.63, 3.8) is 0 Å². The molecule has 1 N–H and O–H groups in total. The molecule has 96 valence electrons. The molecule has 0 aromatic carbocycles. The zero-order valence-electron chi connectivity index (χ0n) is 10.6. The second-order valence-electron chi connectivity index (χ2n) is 4.42. The average Bonchev–Trinajstić information content (AvgIpc) is 2.74. The first kappa shape index (κ1) is 13.9. The van der Waals surface area contributed by atoms with E-state index in [4.69, 9.17) is 14.2 Å². The molecule has 0 aromatic heterocycles. The van der Waals surface area contributed by atoms with E-state index in [0.29, 0.717) is 0 Å². The largest absolute Gasteiger partial charge is 0.383 e. The summed E-state index contributed by atoms with van der Waals surface area (Å²) in [4.78, 5) is 0. The Morgan fingerprint density at radius 3 is 2.88 bits per heavy atom. The van der Waals surface area contributed by atoms with Gasteiger partial charge in [0.05, 0.1) is 13.2 Å². The fraction of sp³-hybridized carbons (Fsp3) is 1.00. The number of hydrogen-bond donors (Lipinski definition) is 1. The Bertz CT molecular complexity index is 170. The molecule has 0 aromatic rings. The molecule has 1 rings (SSSR count). The van der Waals surface area contributed by atoms with Crippen molar-refractivity contribution in [1.29, 1.82) is 0 Å². The second-order valence-corrected chi connectivity index (χ2v) is 4.42. The van der Waals surface area contributed by atoms with E-state index >= 15 is 0 Å². The third-order valence-electron chi connectivity index (χ3n) is 3.15. The van der Waals surface area contributed by atoms with Crippen molar-refractivity contribution in [2.75, 3.05) is 53.2 Å². The lowest BCUT2D eigenvalue weighted by atomic mass is 9.84. The smallest absolute Gasteiger partial charge is 0.0587 e. The SMILES string of the molecule is CCOCCC1(CNCCOC)CCOC1. The Balaban J connectivity index is 2.22. The van der Waals surface area contributed by atoms with Crippen LogP contribution in [0.15, 0.2) is 0 Å². The van der Waals surface area contributed by atoms with Crippen molar-refractivity contribution in [2.45, 2.75) is 19.8 Å². The summed E-state index contributed by atoms with van der Waals surface area (Å²) in [6, 6.07) is 0. The predicted molar refractivity (Wildman–Crippen MR) is 63.7 cm³/mol. The van der Waals surface area contributed by atoms with Gasteiger partial charge >= 0.3 is 0 Å². The van der Waals surface area contributed by atoms with Crippen LogP contribution in [0.1, 0.15) is 19.8 Å². The molecule has 1 aliphatic heterocycles. The summed E-state index contributed by atoms with van der Waals surface area (Å²) in [5.74, 6) is 0. The molecule has 0 bridgehead atoms. The standard InChI is InChI=1S/C12H25NO3/c1-3-15-7-4-12(5-8-16-11-12)10-13-6-9-14-2/h13H,3-11H2,1-2H3. The zero-order chi connectivity index (χ0) is 11.7. The summed E-state index contributed by atoms with van der Waals surface area (Å²) in [5, 5.41) is 3.44. The third-order valence-corrected chi connectivity index (χ3v) is 3.15. The molecule has 4 heteroatoms. The first-order valence-corrected chi connectivity index (χ1v) is 6.18. The van der Waals surface area contributed by atoms with Crippen LogP contribution in [0.25, 0.3) is 0 Å². The molecule has 0 radical (unpaired) electrons. The van der Waals surface area contributed by atoms with Crippen LogP contribution < -0.4 is 5.32 Å². The highest BCUT2D eigenvalue weighted by Gasteiger charge is 2.34. The zero-order valence-corrected chi connectivity index (χ0v) is 10.6. The number of nitrogens with one attached hydrogen (secondary N) is 1. The molecule has 0 aliphatic carbocycles. The van der Waals surface area contributed by atoms with E-state index in [1.165, 1.54) is 0 Å². The second kappa shape index (κ2) is 8.01. The van der Waals surface area contributed by atoms with Crippen LogP contribution >= 0.6 is 0 Å². The first-order valence-electron chi connectivity index (χ1n) is 6.18. The number of hydrogen-bond acceptors (Lipinski definition) is 4. The van der Waals surface area contributed by atoms with Gasteiger partial charge in [-0.1, -0.05) is 0 Å². The Labute approximate surface area is 98.6 Å². The lowest BCUT2D eigenvalue weighted by Crippen LogP contribution is -2.37. The molecule has 1 saturated heterocycles. The van der Waals surface area contributed by atoms with Crippen LogP contribution in [-0.4, -0.2) is 53.2 Å². The van der Waals surface area contributed by atoms with Crippen LogP contribution in [0.4, 0.5) is 0 Å². The van der Waals surface area contributed by atoms with E-state index in [0.717, 1.165) is 59.0 Å². The van der Waals surface area contributed by atoms with Crippen LogP contribution in [0.5, 0.6) is 0 Å². The van der Waals surface area contributed by atoms with Crippen molar-refractivity contribution in [1.82, 2.24) is 5.32 Å². The maximum atomic E-state index is 5.52. The Hall–Kier alpha value is -0.160. The molecule has 0 spiro atoms. The normalized spacial score (nSPS) is 25.1. The average molecular weight is 231 g/mol. The summed E-state index contributed by atoms with van der Waals surface area (Å²) in [5.41, 5.74) is 0.281. The fourth-order valence-corrected chi connectivity index (χ4v) is 2.04. The highest BCUT2D eigenvalue weighted by atomic mass is 16.5. The molecule has 1 unspecified atom stereocenters. The minimum absolute atomic E-state index is 0.281. The van der Waals surface area contributed by atoms with E-state index in [1.807, 2.05) is 6.92 Å². The van der Waals surface area contributed by atoms with Gasteiger partial charge < -0.3 is 19.5 Å². The van der Waals surface area contributed by atoms with Crippen molar-refractivity contribution in [3.05, 3.63) is 0 Å². The molecule has 0 amide bonds. The Morgan fingerprint density at radius 2 is 2.25 bits per heavy atom. The van der Waals surface area contributed by atoms with Gasteiger partial charge in [-0.25, -0.2) is 0 Å². The number of methoxy groups -OCH3 is 1. The van der Waals surface area contributed by atoms with E-state index in [1.54, 1.807) is 7.11 Å². The van der Waals surface area contributed by atoms with Gasteiger partial charge in [0.25, 0.3) is 0 Å². The lowest BCUT2D eigenvalue weighted by Gasteiger charge is -2.27. The molecule has 1 heterocycles. The summed E-state index contributed by atoms with van der Waals surface area (Å²) in [7, 11) is 1.73. The topological polar surface area (TPSA) is 39.7 Å². The van der Waals surface area contributed by atoms with E-state index < -0.39 is 0 Å². The van der Waals surface area contributed by atoms with Crippen LogP contribution in [-0.2, 0) is 14.2 Å². The van der Waals surface area contributed by atoms with Gasteiger partial charge in [-0.15, -0.1) is 0 Å². The van der Waals surface area contributed by atoms with E-state index in [9.17, 15) is 0 Å². The molecule has 16 heavy (non-hydrogen) atoms. The van der Waals surface area contributed by atoms with Gasteiger partial charge in [0, 0.05) is 45.4 Å². The first-order chi connectivity index (χ1) is 7.83. The maximum Gasteiger partial charge on any atom is 0.0587 e. The molecular formula is C12H25NO3. The van der Waals surface area contributed by atoms with E-state index in [2.05, 4.69) is 5.32 Å².